The summed E-state index contributed by atoms with van der Waals surface area (Å²) in [4.78, 5) is 0. The Morgan fingerprint density at radius 2 is 1.25 bits per heavy atom. The topological polar surface area (TPSA) is 0 Å². The molecule has 0 unspecified atom stereocenters. The van der Waals surface area contributed by atoms with Gasteiger partial charge in [0.25, 0.3) is 0 Å². The number of hydrogen-bond acceptors (Lipinski definition) is 0. The van der Waals surface area contributed by atoms with Gasteiger partial charge in [0, 0.05) is 0 Å². The van der Waals surface area contributed by atoms with Gasteiger partial charge in [0.05, 0.1) is 0 Å². The zero-order valence-electron chi connectivity index (χ0n) is 4.20. The molecule has 0 spiro atoms. The Balaban J connectivity index is 3.13. The van der Waals surface area contributed by atoms with Crippen molar-refractivity contribution in [1.29, 1.82) is 0 Å². The Labute approximate surface area is 65.3 Å². The Kier molecular flexibility index (Phi) is 2.15. The summed E-state index contributed by atoms with van der Waals surface area (Å²) in [5, 5.41) is 0. The van der Waals surface area contributed by atoms with Gasteiger partial charge in [-0.05, 0) is 0 Å². The second-order valence-corrected chi connectivity index (χ2v) is 3.51. The molecule has 0 saturated carbocycles. The van der Waals surface area contributed by atoms with Crippen molar-refractivity contribution < 1.29 is 0 Å². The predicted octanol–water partition coefficient (Wildman–Crippen LogP) is -1.26. The van der Waals surface area contributed by atoms with Crippen molar-refractivity contribution in [3.63, 3.8) is 0 Å². The molecule has 0 N–H and O–H groups in total. The third-order valence-corrected chi connectivity index (χ3v) is 3.35. The van der Waals surface area contributed by atoms with E-state index in [1.807, 2.05) is 12.1 Å². The third-order valence-electron chi connectivity index (χ3n) is 0.882. The van der Waals surface area contributed by atoms with Crippen LogP contribution in [-0.2, 0) is 0 Å². The molecule has 0 nitrogen and oxygen atoms in total. The first-order valence-electron chi connectivity index (χ1n) is 2.27. The van der Waals surface area contributed by atoms with Gasteiger partial charge >= 0.3 is 65.2 Å². The van der Waals surface area contributed by atoms with Gasteiger partial charge in [0.15, 0.2) is 0 Å². The van der Waals surface area contributed by atoms with E-state index in [4.69, 9.17) is 0 Å². The number of rotatable bonds is 0. The summed E-state index contributed by atoms with van der Waals surface area (Å²) >= 11 is 5.06. The van der Waals surface area contributed by atoms with Crippen LogP contribution in [0.5, 0.6) is 0 Å². The molecule has 0 aromatic heterocycles. The molecule has 0 saturated heterocycles. The van der Waals surface area contributed by atoms with Gasteiger partial charge in [-0.25, -0.2) is 0 Å². The summed E-state index contributed by atoms with van der Waals surface area (Å²) in [6, 6.07) is 8.22. The van der Waals surface area contributed by atoms with Gasteiger partial charge in [0.2, 0.25) is 0 Å². The fraction of sp³-hybridized carbons (Fsp3) is 0. The molecule has 1 aromatic rings. The van der Waals surface area contributed by atoms with Crippen LogP contribution in [0.3, 0.4) is 0 Å². The molecule has 2 heteroatoms. The summed E-state index contributed by atoms with van der Waals surface area (Å²) in [5.41, 5.74) is 0. The van der Waals surface area contributed by atoms with Crippen LogP contribution in [-0.4, -0.2) is 32.0 Å². The van der Waals surface area contributed by atoms with Gasteiger partial charge < -0.3 is 0 Å². The van der Waals surface area contributed by atoms with E-state index in [9.17, 15) is 0 Å². The van der Waals surface area contributed by atoms with Gasteiger partial charge in [-0.2, -0.15) is 0 Å². The van der Waals surface area contributed by atoms with E-state index in [1.165, 1.54) is 8.92 Å². The molecule has 1 aromatic carbocycles. The summed E-state index contributed by atoms with van der Waals surface area (Å²) in [6.07, 6.45) is 0. The molecule has 0 bridgehead atoms. The fourth-order valence-electron chi connectivity index (χ4n) is 0.464. The molecule has 0 aliphatic carbocycles. The van der Waals surface area contributed by atoms with Crippen LogP contribution in [0, 0.1) is 0 Å². The number of hydrogen-bond donors (Lipinski definition) is 0. The minimum atomic E-state index is 1.28. The van der Waals surface area contributed by atoms with Crippen LogP contribution in [0.2, 0.25) is 0 Å². The molecule has 0 heterocycles. The van der Waals surface area contributed by atoms with Gasteiger partial charge in [0.1, 0.15) is 0 Å². The quantitative estimate of drug-likeness (QED) is 0.493. The molecular formula is C6H6Se2. The molecule has 0 amide bonds. The fourth-order valence-corrected chi connectivity index (χ4v) is 1.14. The second-order valence-electron chi connectivity index (χ2n) is 1.49. The Hall–Kier alpha value is 0.259. The van der Waals surface area contributed by atoms with E-state index in [2.05, 4.69) is 44.2 Å². The molecule has 0 aliphatic rings. The molecule has 8 heavy (non-hydrogen) atoms. The first kappa shape index (κ1) is 6.38. The average molecular weight is 236 g/mol. The Morgan fingerprint density at radius 1 is 0.875 bits per heavy atom. The molecule has 1 rings (SSSR count). The second kappa shape index (κ2) is 2.70. The Morgan fingerprint density at radius 3 is 1.50 bits per heavy atom. The summed E-state index contributed by atoms with van der Waals surface area (Å²) in [6.45, 7) is 0. The summed E-state index contributed by atoms with van der Waals surface area (Å²) < 4.78 is 2.56. The van der Waals surface area contributed by atoms with Crippen LogP contribution in [0.25, 0.3) is 0 Å². The zero-order valence-corrected chi connectivity index (χ0v) is 7.96. The van der Waals surface area contributed by atoms with Crippen molar-refractivity contribution in [1.82, 2.24) is 0 Å². The molecule has 0 aliphatic heterocycles. The molecular weight excluding hydrogens is 230 g/mol. The van der Waals surface area contributed by atoms with E-state index in [0.717, 1.165) is 0 Å². The van der Waals surface area contributed by atoms with Gasteiger partial charge in [-0.3, -0.25) is 0 Å². The molecule has 0 radical (unpaired) electrons. The summed E-state index contributed by atoms with van der Waals surface area (Å²) in [5.74, 6) is 0. The first-order chi connectivity index (χ1) is 3.80. The molecule has 42 valence electrons. The monoisotopic (exact) mass is 238 g/mol. The van der Waals surface area contributed by atoms with Crippen LogP contribution in [0.15, 0.2) is 24.3 Å². The van der Waals surface area contributed by atoms with Crippen molar-refractivity contribution in [3.8, 4) is 0 Å². The Bertz CT molecular complexity index is 163. The van der Waals surface area contributed by atoms with Crippen molar-refractivity contribution in [2.45, 2.75) is 0 Å². The van der Waals surface area contributed by atoms with E-state index in [0.29, 0.717) is 0 Å². The average Bonchev–Trinajstić information content (AvgIpc) is 1.77. The van der Waals surface area contributed by atoms with Gasteiger partial charge in [-0.1, -0.05) is 0 Å². The first-order valence-corrected chi connectivity index (χ1v) is 4.15. The number of benzene rings is 1. The zero-order chi connectivity index (χ0) is 5.98. The molecule has 0 fully saturated rings. The van der Waals surface area contributed by atoms with Crippen LogP contribution >= 0.6 is 0 Å². The maximum atomic E-state index is 2.53. The normalized spacial score (nSPS) is 9.25. The van der Waals surface area contributed by atoms with Crippen molar-refractivity contribution in [2.24, 2.45) is 0 Å². The standard InChI is InChI=1S/C6H6Se2/c7-5-3-1-2-4-6(5)8/h1-4,7-8H. The van der Waals surface area contributed by atoms with Crippen molar-refractivity contribution >= 4 is 40.9 Å². The van der Waals surface area contributed by atoms with Gasteiger partial charge in [-0.15, -0.1) is 0 Å². The maximum absolute atomic E-state index is 2.53. The van der Waals surface area contributed by atoms with Crippen molar-refractivity contribution in [2.75, 3.05) is 0 Å². The third kappa shape index (κ3) is 1.37. The van der Waals surface area contributed by atoms with E-state index in [1.54, 1.807) is 0 Å². The van der Waals surface area contributed by atoms with Crippen LogP contribution in [0.4, 0.5) is 0 Å². The SMILES string of the molecule is [SeH]c1ccccc1[SeH]. The van der Waals surface area contributed by atoms with Crippen LogP contribution in [0.1, 0.15) is 0 Å². The van der Waals surface area contributed by atoms with E-state index in [-0.39, 0.29) is 0 Å². The van der Waals surface area contributed by atoms with E-state index < -0.39 is 0 Å². The molecule has 0 atom stereocenters. The van der Waals surface area contributed by atoms with Crippen molar-refractivity contribution in [3.05, 3.63) is 24.3 Å². The van der Waals surface area contributed by atoms with E-state index >= 15 is 0 Å². The predicted molar refractivity (Wildman–Crippen MR) is 40.0 cm³/mol. The van der Waals surface area contributed by atoms with Crippen LogP contribution < -0.4 is 8.92 Å². The summed E-state index contributed by atoms with van der Waals surface area (Å²) in [7, 11) is 0. The minimum absolute atomic E-state index is 1.28.